The zero-order valence-corrected chi connectivity index (χ0v) is 5.31. The summed E-state index contributed by atoms with van der Waals surface area (Å²) in [6, 6.07) is 0. The molecule has 2 nitrogen and oxygen atoms in total. The van der Waals surface area contributed by atoms with Crippen molar-refractivity contribution in [1.82, 2.24) is 0 Å². The third kappa shape index (κ3) is 5.50. The molecule has 48 valence electrons. The van der Waals surface area contributed by atoms with Gasteiger partial charge >= 0.3 is 0 Å². The van der Waals surface area contributed by atoms with E-state index in [2.05, 4.69) is 13.5 Å². The van der Waals surface area contributed by atoms with Gasteiger partial charge < -0.3 is 10.5 Å². The monoisotopic (exact) mass is 115 g/mol. The first-order chi connectivity index (χ1) is 3.77. The van der Waals surface area contributed by atoms with Crippen molar-refractivity contribution in [2.24, 2.45) is 5.73 Å². The lowest BCUT2D eigenvalue weighted by atomic mass is 10.5. The number of hydrogen-bond acceptors (Lipinski definition) is 2. The van der Waals surface area contributed by atoms with Gasteiger partial charge in [0.05, 0.1) is 6.61 Å². The van der Waals surface area contributed by atoms with Gasteiger partial charge in [0.15, 0.2) is 0 Å². The van der Waals surface area contributed by atoms with Crippen LogP contribution in [-0.4, -0.2) is 13.2 Å². The van der Waals surface area contributed by atoms with Crippen molar-refractivity contribution in [3.8, 4) is 0 Å². The van der Waals surface area contributed by atoms with E-state index in [-0.39, 0.29) is 0 Å². The number of hydrogen-bond donors (Lipinski definition) is 1. The van der Waals surface area contributed by atoms with Crippen LogP contribution in [0, 0.1) is 0 Å². The van der Waals surface area contributed by atoms with E-state index in [0.29, 0.717) is 12.3 Å². The molecule has 0 heterocycles. The third-order valence-electron chi connectivity index (χ3n) is 0.636. The first-order valence-electron chi connectivity index (χ1n) is 2.78. The molecular formula is C6H13NO. The van der Waals surface area contributed by atoms with Crippen LogP contribution in [0.2, 0.25) is 0 Å². The Hall–Kier alpha value is -0.500. The highest BCUT2D eigenvalue weighted by molar-refractivity contribution is 4.84. The molecule has 0 atom stereocenters. The van der Waals surface area contributed by atoms with E-state index in [4.69, 9.17) is 10.5 Å². The molecule has 0 fully saturated rings. The quantitative estimate of drug-likeness (QED) is 0.552. The Balaban J connectivity index is 2.82. The van der Waals surface area contributed by atoms with Crippen LogP contribution in [0.15, 0.2) is 12.3 Å². The molecular weight excluding hydrogens is 102 g/mol. The standard InChI is InChI=1S/C6H13NO/c1-3-4-8-5-6(2)7/h2-5,7H2,1H3. The first kappa shape index (κ1) is 7.50. The van der Waals surface area contributed by atoms with Crippen LogP contribution in [0.25, 0.3) is 0 Å². The normalized spacial score (nSPS) is 9.12. The van der Waals surface area contributed by atoms with Crippen molar-refractivity contribution in [2.75, 3.05) is 13.2 Å². The molecule has 0 spiro atoms. The predicted octanol–water partition coefficient (Wildman–Crippen LogP) is 0.885. The molecule has 0 aliphatic rings. The Morgan fingerprint density at radius 2 is 2.38 bits per heavy atom. The fourth-order valence-corrected chi connectivity index (χ4v) is 0.348. The van der Waals surface area contributed by atoms with E-state index in [1.165, 1.54) is 0 Å². The summed E-state index contributed by atoms with van der Waals surface area (Å²) in [4.78, 5) is 0. The molecule has 0 aliphatic carbocycles. The maximum Gasteiger partial charge on any atom is 0.0854 e. The van der Waals surface area contributed by atoms with Crippen LogP contribution in [-0.2, 0) is 4.74 Å². The average molecular weight is 115 g/mol. The Morgan fingerprint density at radius 1 is 1.75 bits per heavy atom. The molecule has 0 radical (unpaired) electrons. The molecule has 0 saturated carbocycles. The van der Waals surface area contributed by atoms with E-state index in [1.807, 2.05) is 0 Å². The first-order valence-corrected chi connectivity index (χ1v) is 2.78. The zero-order chi connectivity index (χ0) is 6.41. The summed E-state index contributed by atoms with van der Waals surface area (Å²) >= 11 is 0. The van der Waals surface area contributed by atoms with Crippen molar-refractivity contribution in [3.05, 3.63) is 12.3 Å². The Bertz CT molecular complexity index is 70.9. The van der Waals surface area contributed by atoms with Crippen LogP contribution in [0.3, 0.4) is 0 Å². The minimum atomic E-state index is 0.494. The van der Waals surface area contributed by atoms with Crippen LogP contribution >= 0.6 is 0 Å². The second-order valence-corrected chi connectivity index (χ2v) is 1.71. The summed E-state index contributed by atoms with van der Waals surface area (Å²) in [5, 5.41) is 0. The van der Waals surface area contributed by atoms with Crippen molar-refractivity contribution < 1.29 is 4.74 Å². The minimum Gasteiger partial charge on any atom is -0.401 e. The molecule has 0 amide bonds. The molecule has 0 aromatic rings. The summed E-state index contributed by atoms with van der Waals surface area (Å²) < 4.78 is 5.02. The highest BCUT2D eigenvalue weighted by Gasteiger charge is 1.83. The van der Waals surface area contributed by atoms with Gasteiger partial charge in [-0.05, 0) is 6.42 Å². The predicted molar refractivity (Wildman–Crippen MR) is 34.4 cm³/mol. The fraction of sp³-hybridized carbons (Fsp3) is 0.667. The van der Waals surface area contributed by atoms with Crippen molar-refractivity contribution in [1.29, 1.82) is 0 Å². The molecule has 8 heavy (non-hydrogen) atoms. The molecule has 0 saturated heterocycles. The molecule has 2 N–H and O–H groups in total. The van der Waals surface area contributed by atoms with Gasteiger partial charge in [0, 0.05) is 12.3 Å². The summed E-state index contributed by atoms with van der Waals surface area (Å²) in [6.07, 6.45) is 1.04. The lowest BCUT2D eigenvalue weighted by Gasteiger charge is -1.98. The molecule has 0 bridgehead atoms. The van der Waals surface area contributed by atoms with E-state index in [1.54, 1.807) is 0 Å². The average Bonchev–Trinajstić information content (AvgIpc) is 1.66. The van der Waals surface area contributed by atoms with Crippen LogP contribution in [0.5, 0.6) is 0 Å². The van der Waals surface area contributed by atoms with Gasteiger partial charge in [-0.2, -0.15) is 0 Å². The van der Waals surface area contributed by atoms with Crippen molar-refractivity contribution in [3.63, 3.8) is 0 Å². The van der Waals surface area contributed by atoms with Crippen LogP contribution in [0.1, 0.15) is 13.3 Å². The smallest absolute Gasteiger partial charge is 0.0854 e. The summed E-state index contributed by atoms with van der Waals surface area (Å²) in [5.74, 6) is 0. The highest BCUT2D eigenvalue weighted by Crippen LogP contribution is 1.82. The summed E-state index contributed by atoms with van der Waals surface area (Å²) in [6.45, 7) is 6.80. The van der Waals surface area contributed by atoms with Crippen LogP contribution < -0.4 is 5.73 Å². The maximum atomic E-state index is 5.21. The van der Waals surface area contributed by atoms with E-state index < -0.39 is 0 Å². The molecule has 2 heteroatoms. The second kappa shape index (κ2) is 4.65. The van der Waals surface area contributed by atoms with E-state index in [0.717, 1.165) is 13.0 Å². The van der Waals surface area contributed by atoms with Gasteiger partial charge in [-0.15, -0.1) is 0 Å². The highest BCUT2D eigenvalue weighted by atomic mass is 16.5. The van der Waals surface area contributed by atoms with Gasteiger partial charge in [-0.1, -0.05) is 13.5 Å². The van der Waals surface area contributed by atoms with Gasteiger partial charge in [0.2, 0.25) is 0 Å². The second-order valence-electron chi connectivity index (χ2n) is 1.71. The number of nitrogens with two attached hydrogens (primary N) is 1. The van der Waals surface area contributed by atoms with E-state index >= 15 is 0 Å². The van der Waals surface area contributed by atoms with Gasteiger partial charge in [-0.3, -0.25) is 0 Å². The van der Waals surface area contributed by atoms with Crippen molar-refractivity contribution >= 4 is 0 Å². The Kier molecular flexibility index (Phi) is 4.36. The molecule has 0 rings (SSSR count). The lowest BCUT2D eigenvalue weighted by molar-refractivity contribution is 0.156. The summed E-state index contributed by atoms with van der Waals surface area (Å²) in [5.41, 5.74) is 5.81. The van der Waals surface area contributed by atoms with E-state index in [9.17, 15) is 0 Å². The topological polar surface area (TPSA) is 35.2 Å². The summed E-state index contributed by atoms with van der Waals surface area (Å²) in [7, 11) is 0. The third-order valence-corrected chi connectivity index (χ3v) is 0.636. The minimum absolute atomic E-state index is 0.494. The lowest BCUT2D eigenvalue weighted by Crippen LogP contribution is -2.04. The SMILES string of the molecule is C=C(N)COCCC. The van der Waals surface area contributed by atoms with Gasteiger partial charge in [0.1, 0.15) is 0 Å². The van der Waals surface area contributed by atoms with Crippen LogP contribution in [0.4, 0.5) is 0 Å². The molecule has 0 unspecified atom stereocenters. The Morgan fingerprint density at radius 3 is 2.75 bits per heavy atom. The zero-order valence-electron chi connectivity index (χ0n) is 5.31. The fourth-order valence-electron chi connectivity index (χ4n) is 0.348. The molecule has 0 aromatic heterocycles. The number of rotatable bonds is 4. The van der Waals surface area contributed by atoms with Gasteiger partial charge in [0.25, 0.3) is 0 Å². The van der Waals surface area contributed by atoms with Crippen molar-refractivity contribution in [2.45, 2.75) is 13.3 Å². The Labute approximate surface area is 50.3 Å². The molecule has 0 aliphatic heterocycles. The largest absolute Gasteiger partial charge is 0.401 e. The number of ether oxygens (including phenoxy) is 1. The van der Waals surface area contributed by atoms with Gasteiger partial charge in [-0.25, -0.2) is 0 Å². The maximum absolute atomic E-state index is 5.21. The molecule has 0 aromatic carbocycles.